The standard InChI is InChI=1S/C25H28N4O3/c1-4-32-21-8-5-18(6-9-21)24(30)28-20-11-13-29(14-12-20)25(31)19-7-10-22-23(15-19)27-17(3)16(2)26-22/h5-10,15,20H,4,11-14H2,1-3H3,(H,28,30). The summed E-state index contributed by atoms with van der Waals surface area (Å²) in [6, 6.07) is 12.7. The topological polar surface area (TPSA) is 84.4 Å². The molecule has 4 rings (SSSR count). The fourth-order valence-corrected chi connectivity index (χ4v) is 3.91. The first-order chi connectivity index (χ1) is 15.4. The zero-order valence-corrected chi connectivity index (χ0v) is 18.7. The second kappa shape index (κ2) is 9.34. The average Bonchev–Trinajstić information content (AvgIpc) is 2.80. The van der Waals surface area contributed by atoms with E-state index in [1.165, 1.54) is 0 Å². The third-order valence-corrected chi connectivity index (χ3v) is 5.87. The first-order valence-corrected chi connectivity index (χ1v) is 11.0. The summed E-state index contributed by atoms with van der Waals surface area (Å²) in [5.74, 6) is 0.639. The van der Waals surface area contributed by atoms with Gasteiger partial charge in [-0.2, -0.15) is 0 Å². The van der Waals surface area contributed by atoms with Crippen molar-refractivity contribution < 1.29 is 14.3 Å². The van der Waals surface area contributed by atoms with Crippen LogP contribution in [0.5, 0.6) is 5.75 Å². The Morgan fingerprint density at radius 2 is 1.59 bits per heavy atom. The number of ether oxygens (including phenoxy) is 1. The molecule has 7 heteroatoms. The van der Waals surface area contributed by atoms with Gasteiger partial charge in [0.15, 0.2) is 0 Å². The minimum absolute atomic E-state index is 0.0109. The number of aryl methyl sites for hydroxylation is 2. The van der Waals surface area contributed by atoms with E-state index in [-0.39, 0.29) is 17.9 Å². The molecule has 1 aliphatic rings. The van der Waals surface area contributed by atoms with E-state index in [9.17, 15) is 9.59 Å². The third-order valence-electron chi connectivity index (χ3n) is 5.87. The maximum absolute atomic E-state index is 13.0. The minimum atomic E-state index is -0.100. The summed E-state index contributed by atoms with van der Waals surface area (Å²) in [6.07, 6.45) is 1.44. The van der Waals surface area contributed by atoms with Gasteiger partial charge in [-0.1, -0.05) is 0 Å². The van der Waals surface area contributed by atoms with Crippen molar-refractivity contribution in [3.63, 3.8) is 0 Å². The van der Waals surface area contributed by atoms with E-state index < -0.39 is 0 Å². The molecule has 32 heavy (non-hydrogen) atoms. The highest BCUT2D eigenvalue weighted by Crippen LogP contribution is 2.19. The van der Waals surface area contributed by atoms with Crippen molar-refractivity contribution in [3.8, 4) is 5.75 Å². The maximum Gasteiger partial charge on any atom is 0.253 e. The van der Waals surface area contributed by atoms with Crippen LogP contribution in [0.3, 0.4) is 0 Å². The number of nitrogens with one attached hydrogen (secondary N) is 1. The zero-order valence-electron chi connectivity index (χ0n) is 18.7. The summed E-state index contributed by atoms with van der Waals surface area (Å²) in [4.78, 5) is 36.5. The normalized spacial score (nSPS) is 14.4. The molecule has 2 heterocycles. The molecule has 3 aromatic rings. The van der Waals surface area contributed by atoms with Gasteiger partial charge in [0, 0.05) is 30.3 Å². The zero-order chi connectivity index (χ0) is 22.7. The van der Waals surface area contributed by atoms with E-state index in [0.717, 1.165) is 41.0 Å². The lowest BCUT2D eigenvalue weighted by atomic mass is 10.0. The molecule has 0 radical (unpaired) electrons. The second-order valence-electron chi connectivity index (χ2n) is 8.10. The molecule has 1 fully saturated rings. The van der Waals surface area contributed by atoms with Gasteiger partial charge in [0.25, 0.3) is 11.8 Å². The maximum atomic E-state index is 13.0. The molecule has 0 saturated carbocycles. The molecular formula is C25H28N4O3. The number of nitrogens with zero attached hydrogens (tertiary/aromatic N) is 3. The van der Waals surface area contributed by atoms with Crippen molar-refractivity contribution in [2.45, 2.75) is 39.7 Å². The molecule has 166 valence electrons. The first-order valence-electron chi connectivity index (χ1n) is 11.0. The van der Waals surface area contributed by atoms with Gasteiger partial charge < -0.3 is 15.0 Å². The minimum Gasteiger partial charge on any atom is -0.494 e. The lowest BCUT2D eigenvalue weighted by molar-refractivity contribution is 0.0698. The quantitative estimate of drug-likeness (QED) is 0.665. The van der Waals surface area contributed by atoms with Gasteiger partial charge >= 0.3 is 0 Å². The molecular weight excluding hydrogens is 404 g/mol. The number of fused-ring (bicyclic) bond motifs is 1. The summed E-state index contributed by atoms with van der Waals surface area (Å²) in [7, 11) is 0. The van der Waals surface area contributed by atoms with Crippen molar-refractivity contribution >= 4 is 22.8 Å². The molecule has 1 aromatic heterocycles. The van der Waals surface area contributed by atoms with E-state index in [4.69, 9.17) is 4.74 Å². The molecule has 0 bridgehead atoms. The molecule has 0 aliphatic carbocycles. The van der Waals surface area contributed by atoms with Crippen molar-refractivity contribution in [2.75, 3.05) is 19.7 Å². The predicted octanol–water partition coefficient (Wildman–Crippen LogP) is 3.68. The summed E-state index contributed by atoms with van der Waals surface area (Å²) in [6.45, 7) is 7.57. The number of hydrogen-bond donors (Lipinski definition) is 1. The van der Waals surface area contributed by atoms with Crippen LogP contribution in [0.1, 0.15) is 51.9 Å². The molecule has 1 aliphatic heterocycles. The fraction of sp³-hybridized carbons (Fsp3) is 0.360. The summed E-state index contributed by atoms with van der Waals surface area (Å²) in [5.41, 5.74) is 4.51. The van der Waals surface area contributed by atoms with Crippen molar-refractivity contribution in [3.05, 3.63) is 65.0 Å². The highest BCUT2D eigenvalue weighted by atomic mass is 16.5. The molecule has 1 N–H and O–H groups in total. The molecule has 1 saturated heterocycles. The van der Waals surface area contributed by atoms with E-state index in [1.807, 2.05) is 43.9 Å². The average molecular weight is 433 g/mol. The Balaban J connectivity index is 1.35. The van der Waals surface area contributed by atoms with Crippen LogP contribution in [0.15, 0.2) is 42.5 Å². The summed E-state index contributed by atoms with van der Waals surface area (Å²) < 4.78 is 5.42. The van der Waals surface area contributed by atoms with Gasteiger partial charge in [-0.25, -0.2) is 9.97 Å². The number of aromatic nitrogens is 2. The summed E-state index contributed by atoms with van der Waals surface area (Å²) >= 11 is 0. The molecule has 0 unspecified atom stereocenters. The Bertz CT molecular complexity index is 1140. The van der Waals surface area contributed by atoms with E-state index >= 15 is 0 Å². The van der Waals surface area contributed by atoms with Gasteiger partial charge in [-0.3, -0.25) is 9.59 Å². The second-order valence-corrected chi connectivity index (χ2v) is 8.10. The highest BCUT2D eigenvalue weighted by molar-refractivity contribution is 5.97. The van der Waals surface area contributed by atoms with Gasteiger partial charge in [0.05, 0.1) is 29.0 Å². The van der Waals surface area contributed by atoms with Gasteiger partial charge in [-0.05, 0) is 76.1 Å². The first kappa shape index (κ1) is 21.7. The summed E-state index contributed by atoms with van der Waals surface area (Å²) in [5, 5.41) is 3.09. The number of likely N-dealkylation sites (tertiary alicyclic amines) is 1. The van der Waals surface area contributed by atoms with Crippen molar-refractivity contribution in [1.29, 1.82) is 0 Å². The molecule has 2 aromatic carbocycles. The number of carbonyl (C=O) groups excluding carboxylic acids is 2. The third kappa shape index (κ3) is 4.72. The molecule has 7 nitrogen and oxygen atoms in total. The number of piperidine rings is 1. The molecule has 0 spiro atoms. The fourth-order valence-electron chi connectivity index (χ4n) is 3.91. The lowest BCUT2D eigenvalue weighted by Crippen LogP contribution is -2.46. The van der Waals surface area contributed by atoms with Crippen molar-refractivity contribution in [2.24, 2.45) is 0 Å². The van der Waals surface area contributed by atoms with Crippen LogP contribution >= 0.6 is 0 Å². The smallest absolute Gasteiger partial charge is 0.253 e. The molecule has 2 amide bonds. The van der Waals surface area contributed by atoms with Gasteiger partial charge in [-0.15, -0.1) is 0 Å². The number of rotatable bonds is 5. The predicted molar refractivity (Wildman–Crippen MR) is 123 cm³/mol. The largest absolute Gasteiger partial charge is 0.494 e. The van der Waals surface area contributed by atoms with Crippen LogP contribution < -0.4 is 10.1 Å². The van der Waals surface area contributed by atoms with Crippen LogP contribution in [-0.4, -0.2) is 52.4 Å². The number of hydrogen-bond acceptors (Lipinski definition) is 5. The van der Waals surface area contributed by atoms with Crippen LogP contribution in [-0.2, 0) is 0 Å². The van der Waals surface area contributed by atoms with Gasteiger partial charge in [0.2, 0.25) is 0 Å². The monoisotopic (exact) mass is 432 g/mol. The van der Waals surface area contributed by atoms with Crippen molar-refractivity contribution in [1.82, 2.24) is 20.2 Å². The van der Waals surface area contributed by atoms with Crippen LogP contribution in [0.4, 0.5) is 0 Å². The van der Waals surface area contributed by atoms with Gasteiger partial charge in [0.1, 0.15) is 5.75 Å². The van der Waals surface area contributed by atoms with Crippen LogP contribution in [0, 0.1) is 13.8 Å². The van der Waals surface area contributed by atoms with Crippen LogP contribution in [0.2, 0.25) is 0 Å². The Kier molecular flexibility index (Phi) is 6.35. The lowest BCUT2D eigenvalue weighted by Gasteiger charge is -2.32. The Morgan fingerprint density at radius 3 is 2.25 bits per heavy atom. The SMILES string of the molecule is CCOc1ccc(C(=O)NC2CCN(C(=O)c3ccc4nc(C)c(C)nc4c3)CC2)cc1. The number of carbonyl (C=O) groups is 2. The Morgan fingerprint density at radius 1 is 0.969 bits per heavy atom. The Labute approximate surface area is 187 Å². The number of amides is 2. The van der Waals surface area contributed by atoms with E-state index in [0.29, 0.717) is 30.8 Å². The van der Waals surface area contributed by atoms with E-state index in [2.05, 4.69) is 15.3 Å². The molecule has 0 atom stereocenters. The van der Waals surface area contributed by atoms with Crippen LogP contribution in [0.25, 0.3) is 11.0 Å². The Hall–Kier alpha value is -3.48. The highest BCUT2D eigenvalue weighted by Gasteiger charge is 2.25. The van der Waals surface area contributed by atoms with E-state index in [1.54, 1.807) is 24.3 Å². The number of benzene rings is 2.